The van der Waals surface area contributed by atoms with Crippen LogP contribution in [0.5, 0.6) is 5.75 Å². The summed E-state index contributed by atoms with van der Waals surface area (Å²) in [6.07, 6.45) is 1.82. The maximum absolute atomic E-state index is 13.2. The number of nitrogens with zero attached hydrogens (tertiary/aromatic N) is 1. The van der Waals surface area contributed by atoms with E-state index in [2.05, 4.69) is 10.7 Å². The summed E-state index contributed by atoms with van der Waals surface area (Å²) in [7, 11) is 1.58. The third kappa shape index (κ3) is 4.45. The van der Waals surface area contributed by atoms with Gasteiger partial charge in [-0.1, -0.05) is 18.2 Å². The number of halogens is 1. The smallest absolute Gasteiger partial charge is 0.304 e. The average Bonchev–Trinajstić information content (AvgIpc) is 3.09. The van der Waals surface area contributed by atoms with E-state index in [1.165, 1.54) is 24.3 Å². The molecule has 2 atom stereocenters. The highest BCUT2D eigenvalue weighted by atomic mass is 19.1. The first kappa shape index (κ1) is 20.3. The molecule has 0 spiro atoms. The number of rotatable bonds is 5. The number of ether oxygens (including phenoxy) is 1. The number of carbonyl (C=O) groups excluding carboxylic acids is 2. The molecule has 1 heterocycles. The largest absolute Gasteiger partial charge is 0.497 e. The van der Waals surface area contributed by atoms with Crippen molar-refractivity contribution < 1.29 is 23.4 Å². The molecular weight excluding hydrogens is 397 g/mol. The molecule has 2 amide bonds. The van der Waals surface area contributed by atoms with Crippen LogP contribution >= 0.6 is 0 Å². The van der Waals surface area contributed by atoms with Crippen LogP contribution in [-0.4, -0.2) is 35.9 Å². The first-order valence-corrected chi connectivity index (χ1v) is 9.74. The molecule has 1 fully saturated rings. The van der Waals surface area contributed by atoms with Crippen molar-refractivity contribution in [1.29, 1.82) is 0 Å². The van der Waals surface area contributed by atoms with Gasteiger partial charge in [0.2, 0.25) is 12.3 Å². The fraction of sp³-hybridized carbons (Fsp3) is 0.125. The first-order chi connectivity index (χ1) is 15.0. The molecule has 4 rings (SSSR count). The molecule has 0 saturated carbocycles. The lowest BCUT2D eigenvalue weighted by Crippen LogP contribution is -2.42. The quantitative estimate of drug-likeness (QED) is 0.626. The van der Waals surface area contributed by atoms with Crippen molar-refractivity contribution in [2.45, 2.75) is 12.1 Å². The van der Waals surface area contributed by atoms with Gasteiger partial charge in [0.1, 0.15) is 11.6 Å². The van der Waals surface area contributed by atoms with Gasteiger partial charge in [0, 0.05) is 16.7 Å². The molecular formula is C24H21FN3O3+. The lowest BCUT2D eigenvalue weighted by atomic mass is 9.99. The van der Waals surface area contributed by atoms with Crippen LogP contribution in [0.2, 0.25) is 0 Å². The third-order valence-corrected chi connectivity index (χ3v) is 5.08. The number of hydrazine groups is 1. The number of carbonyl (C=O) groups is 2. The van der Waals surface area contributed by atoms with E-state index in [1.807, 2.05) is 48.7 Å². The van der Waals surface area contributed by atoms with Gasteiger partial charge in [-0.15, -0.1) is 10.1 Å². The second-order valence-corrected chi connectivity index (χ2v) is 7.10. The highest BCUT2D eigenvalue weighted by Gasteiger charge is 2.47. The van der Waals surface area contributed by atoms with E-state index in [9.17, 15) is 14.0 Å². The van der Waals surface area contributed by atoms with Gasteiger partial charge in [-0.2, -0.15) is 0 Å². The van der Waals surface area contributed by atoms with E-state index in [0.29, 0.717) is 5.75 Å². The summed E-state index contributed by atoms with van der Waals surface area (Å²) in [4.78, 5) is 25.6. The molecule has 0 radical (unpaired) electrons. The summed E-state index contributed by atoms with van der Waals surface area (Å²) in [5.41, 5.74) is 4.81. The zero-order valence-corrected chi connectivity index (χ0v) is 16.8. The molecule has 2 N–H and O–H groups in total. The van der Waals surface area contributed by atoms with Gasteiger partial charge in [-0.25, -0.2) is 4.39 Å². The van der Waals surface area contributed by atoms with Crippen LogP contribution in [0.4, 0.5) is 4.39 Å². The predicted molar refractivity (Wildman–Crippen MR) is 113 cm³/mol. The van der Waals surface area contributed by atoms with Crippen LogP contribution < -0.4 is 15.5 Å². The van der Waals surface area contributed by atoms with Crippen molar-refractivity contribution >= 4 is 18.0 Å². The first-order valence-electron chi connectivity index (χ1n) is 9.74. The van der Waals surface area contributed by atoms with Crippen molar-refractivity contribution in [3.05, 3.63) is 101 Å². The van der Waals surface area contributed by atoms with Crippen LogP contribution in [0.25, 0.3) is 0 Å². The van der Waals surface area contributed by atoms with E-state index in [-0.39, 0.29) is 11.5 Å². The summed E-state index contributed by atoms with van der Waals surface area (Å²) in [6.45, 7) is 0. The molecule has 0 aliphatic carbocycles. The summed E-state index contributed by atoms with van der Waals surface area (Å²) in [6, 6.07) is 20.7. The van der Waals surface area contributed by atoms with Gasteiger partial charge in [0.25, 0.3) is 5.91 Å². The number of hydrazone groups is 1. The van der Waals surface area contributed by atoms with E-state index < -0.39 is 23.8 Å². The van der Waals surface area contributed by atoms with Crippen molar-refractivity contribution in [2.75, 3.05) is 7.11 Å². The highest BCUT2D eigenvalue weighted by Crippen LogP contribution is 2.27. The molecule has 0 bridgehead atoms. The molecule has 31 heavy (non-hydrogen) atoms. The Morgan fingerprint density at radius 1 is 1.03 bits per heavy atom. The SMILES string of the molecule is COc1ccc([C@@H]2[C@H](NC(=O)c3ccc(F)cc3)C(=O)N/[N+]2=C\c2ccccc2)cc1. The number of amides is 2. The normalized spacial score (nSPS) is 19.2. The molecule has 1 saturated heterocycles. The van der Waals surface area contributed by atoms with Gasteiger partial charge in [-0.05, 0) is 60.7 Å². The summed E-state index contributed by atoms with van der Waals surface area (Å²) >= 11 is 0. The fourth-order valence-corrected chi connectivity index (χ4v) is 3.51. The second-order valence-electron chi connectivity index (χ2n) is 7.10. The predicted octanol–water partition coefficient (Wildman–Crippen LogP) is 2.85. The van der Waals surface area contributed by atoms with Crippen LogP contribution in [0.3, 0.4) is 0 Å². The zero-order valence-electron chi connectivity index (χ0n) is 16.8. The minimum atomic E-state index is -0.856. The van der Waals surface area contributed by atoms with E-state index in [1.54, 1.807) is 23.9 Å². The number of hydrogen-bond acceptors (Lipinski definition) is 3. The second kappa shape index (κ2) is 8.79. The van der Waals surface area contributed by atoms with E-state index in [0.717, 1.165) is 11.1 Å². The third-order valence-electron chi connectivity index (χ3n) is 5.08. The summed E-state index contributed by atoms with van der Waals surface area (Å²) < 4.78 is 20.1. The van der Waals surface area contributed by atoms with Crippen LogP contribution in [0.1, 0.15) is 27.5 Å². The number of benzene rings is 3. The molecule has 156 valence electrons. The van der Waals surface area contributed by atoms with Gasteiger partial charge in [-0.3, -0.25) is 9.59 Å². The number of nitrogens with one attached hydrogen (secondary N) is 2. The van der Waals surface area contributed by atoms with E-state index in [4.69, 9.17) is 4.74 Å². The van der Waals surface area contributed by atoms with Crippen LogP contribution in [-0.2, 0) is 4.79 Å². The molecule has 3 aromatic carbocycles. The Bertz CT molecular complexity index is 1110. The lowest BCUT2D eigenvalue weighted by molar-refractivity contribution is -0.596. The van der Waals surface area contributed by atoms with Crippen molar-refractivity contribution in [1.82, 2.24) is 10.7 Å². The maximum atomic E-state index is 13.2. The fourth-order valence-electron chi connectivity index (χ4n) is 3.51. The summed E-state index contributed by atoms with van der Waals surface area (Å²) in [5, 5.41) is 2.79. The average molecular weight is 418 g/mol. The highest BCUT2D eigenvalue weighted by molar-refractivity contribution is 5.98. The van der Waals surface area contributed by atoms with Gasteiger partial charge in [0.15, 0.2) is 6.04 Å². The van der Waals surface area contributed by atoms with E-state index >= 15 is 0 Å². The standard InChI is InChI=1S/C24H20FN3O3/c1-31-20-13-9-17(10-14-20)22-21(26-23(29)18-7-11-19(25)12-8-18)24(30)27-28(22)15-16-5-3-2-4-6-16/h2-15,21-22H,1H3,(H-,26,27,29,30)/p+1/b28-15-/t21-,22+/m0/s1. The minimum absolute atomic E-state index is 0.271. The zero-order chi connectivity index (χ0) is 21.8. The molecule has 3 aromatic rings. The Balaban J connectivity index is 1.69. The topological polar surface area (TPSA) is 70.4 Å². The molecule has 6 nitrogen and oxygen atoms in total. The van der Waals surface area contributed by atoms with Crippen LogP contribution in [0, 0.1) is 5.82 Å². The van der Waals surface area contributed by atoms with Crippen molar-refractivity contribution in [2.24, 2.45) is 0 Å². The molecule has 1 aliphatic heterocycles. The molecule has 7 heteroatoms. The number of methoxy groups -OCH3 is 1. The molecule has 0 aromatic heterocycles. The van der Waals surface area contributed by atoms with Gasteiger partial charge >= 0.3 is 5.91 Å². The van der Waals surface area contributed by atoms with Gasteiger partial charge < -0.3 is 10.1 Å². The Kier molecular flexibility index (Phi) is 5.75. The van der Waals surface area contributed by atoms with Crippen molar-refractivity contribution in [3.8, 4) is 5.75 Å². The Morgan fingerprint density at radius 2 is 1.71 bits per heavy atom. The summed E-state index contributed by atoms with van der Waals surface area (Å²) in [5.74, 6) is -0.551. The Labute approximate surface area is 179 Å². The van der Waals surface area contributed by atoms with Crippen LogP contribution in [0.15, 0.2) is 78.9 Å². The maximum Gasteiger partial charge on any atom is 0.304 e. The van der Waals surface area contributed by atoms with Crippen molar-refractivity contribution in [3.63, 3.8) is 0 Å². The lowest BCUT2D eigenvalue weighted by Gasteiger charge is -2.15. The monoisotopic (exact) mass is 418 g/mol. The minimum Gasteiger partial charge on any atom is -0.497 e. The van der Waals surface area contributed by atoms with Gasteiger partial charge in [0.05, 0.1) is 7.11 Å². The Hall–Kier alpha value is -4.00. The number of hydrogen-bond donors (Lipinski definition) is 2. The Morgan fingerprint density at radius 3 is 2.35 bits per heavy atom. The molecule has 1 aliphatic rings. The molecule has 0 unspecified atom stereocenters.